The Bertz CT molecular complexity index is 952. The molecule has 10 heteroatoms. The van der Waals surface area contributed by atoms with Crippen LogP contribution >= 0.6 is 11.6 Å². The monoisotopic (exact) mass is 387 g/mol. The summed E-state index contributed by atoms with van der Waals surface area (Å²) < 4.78 is 6.87. The molecule has 0 saturated carbocycles. The van der Waals surface area contributed by atoms with Gasteiger partial charge in [-0.3, -0.25) is 4.79 Å². The van der Waals surface area contributed by atoms with Crippen LogP contribution in [0.2, 0.25) is 0 Å². The lowest BCUT2D eigenvalue weighted by atomic mass is 10.3. The third-order valence-corrected chi connectivity index (χ3v) is 4.81. The number of aromatic nitrogens is 5. The molecule has 1 saturated heterocycles. The topological polar surface area (TPSA) is 89.3 Å². The number of carbonyl (C=O) groups excluding carboxylic acids is 1. The lowest BCUT2D eigenvalue weighted by Crippen LogP contribution is -2.49. The van der Waals surface area contributed by atoms with Crippen molar-refractivity contribution in [1.29, 1.82) is 0 Å². The summed E-state index contributed by atoms with van der Waals surface area (Å²) in [5.74, 6) is 1.45. The largest absolute Gasteiger partial charge is 0.497 e. The summed E-state index contributed by atoms with van der Waals surface area (Å²) in [5, 5.41) is 8.54. The normalized spacial score (nSPS) is 14.6. The van der Waals surface area contributed by atoms with Crippen LogP contribution in [0.15, 0.2) is 30.6 Å². The number of amides is 1. The van der Waals surface area contributed by atoms with Gasteiger partial charge in [-0.2, -0.15) is 4.68 Å². The van der Waals surface area contributed by atoms with Gasteiger partial charge in [-0.15, -0.1) is 16.7 Å². The maximum Gasteiger partial charge on any atom is 0.237 e. The van der Waals surface area contributed by atoms with Gasteiger partial charge < -0.3 is 14.5 Å². The number of hydrogen-bond donors (Lipinski definition) is 0. The summed E-state index contributed by atoms with van der Waals surface area (Å²) in [6.45, 7) is 2.52. The van der Waals surface area contributed by atoms with E-state index in [1.54, 1.807) is 16.7 Å². The molecule has 4 rings (SSSR count). The zero-order valence-electron chi connectivity index (χ0n) is 14.7. The third-order valence-electron chi connectivity index (χ3n) is 4.58. The lowest BCUT2D eigenvalue weighted by molar-refractivity contribution is -0.128. The molecule has 1 amide bonds. The molecule has 9 nitrogen and oxygen atoms in total. The number of ether oxygens (including phenoxy) is 1. The van der Waals surface area contributed by atoms with Crippen LogP contribution in [0.4, 0.5) is 5.82 Å². The Kier molecular flexibility index (Phi) is 4.76. The van der Waals surface area contributed by atoms with Crippen LogP contribution in [-0.4, -0.2) is 74.9 Å². The molecular weight excluding hydrogens is 370 g/mol. The van der Waals surface area contributed by atoms with E-state index in [0.717, 1.165) is 17.3 Å². The minimum absolute atomic E-state index is 0.00788. The van der Waals surface area contributed by atoms with Gasteiger partial charge in [0.25, 0.3) is 0 Å². The van der Waals surface area contributed by atoms with Crippen LogP contribution in [0.1, 0.15) is 0 Å². The molecule has 1 aliphatic heterocycles. The fraction of sp³-hybridized carbons (Fsp3) is 0.353. The predicted octanol–water partition coefficient (Wildman–Crippen LogP) is 1.11. The molecule has 1 fully saturated rings. The number of alkyl halides is 1. The average molecular weight is 388 g/mol. The molecular formula is C17H18ClN7O2. The van der Waals surface area contributed by atoms with Crippen molar-refractivity contribution in [2.75, 3.05) is 44.1 Å². The Morgan fingerprint density at radius 2 is 1.89 bits per heavy atom. The Balaban J connectivity index is 1.62. The highest BCUT2D eigenvalue weighted by Gasteiger charge is 2.24. The van der Waals surface area contributed by atoms with Crippen LogP contribution in [0.3, 0.4) is 0 Å². The highest BCUT2D eigenvalue weighted by Crippen LogP contribution is 2.24. The van der Waals surface area contributed by atoms with Crippen LogP contribution in [0.5, 0.6) is 5.75 Å². The molecule has 3 aromatic rings. The van der Waals surface area contributed by atoms with Gasteiger partial charge >= 0.3 is 0 Å². The number of anilines is 1. The third kappa shape index (κ3) is 3.25. The molecule has 0 aliphatic carbocycles. The summed E-state index contributed by atoms with van der Waals surface area (Å²) in [6.07, 6.45) is 1.51. The first-order chi connectivity index (χ1) is 13.2. The molecule has 3 heterocycles. The number of carbonyl (C=O) groups is 1. The molecule has 0 radical (unpaired) electrons. The van der Waals surface area contributed by atoms with E-state index in [-0.39, 0.29) is 11.8 Å². The molecule has 1 aromatic carbocycles. The number of benzene rings is 1. The van der Waals surface area contributed by atoms with E-state index < -0.39 is 0 Å². The minimum atomic E-state index is -0.0467. The van der Waals surface area contributed by atoms with Gasteiger partial charge in [-0.25, -0.2) is 9.97 Å². The van der Waals surface area contributed by atoms with E-state index in [4.69, 9.17) is 16.3 Å². The number of hydrogen-bond acceptors (Lipinski definition) is 7. The van der Waals surface area contributed by atoms with E-state index in [9.17, 15) is 4.79 Å². The van der Waals surface area contributed by atoms with Crippen molar-refractivity contribution in [2.24, 2.45) is 0 Å². The lowest BCUT2D eigenvalue weighted by Gasteiger charge is -2.35. The summed E-state index contributed by atoms with van der Waals surface area (Å²) >= 11 is 5.64. The molecule has 0 bridgehead atoms. The van der Waals surface area contributed by atoms with Gasteiger partial charge in [0.05, 0.1) is 12.8 Å². The second kappa shape index (κ2) is 7.36. The van der Waals surface area contributed by atoms with Gasteiger partial charge in [-0.05, 0) is 24.3 Å². The number of fused-ring (bicyclic) bond motifs is 1. The van der Waals surface area contributed by atoms with Gasteiger partial charge in [0.1, 0.15) is 18.0 Å². The van der Waals surface area contributed by atoms with Crippen molar-refractivity contribution < 1.29 is 9.53 Å². The predicted molar refractivity (Wildman–Crippen MR) is 101 cm³/mol. The Morgan fingerprint density at radius 3 is 2.56 bits per heavy atom. The fourth-order valence-electron chi connectivity index (χ4n) is 3.12. The molecule has 140 valence electrons. The number of piperazine rings is 1. The van der Waals surface area contributed by atoms with Crippen molar-refractivity contribution in [1.82, 2.24) is 29.9 Å². The van der Waals surface area contributed by atoms with Crippen LogP contribution in [-0.2, 0) is 4.79 Å². The number of rotatable bonds is 4. The molecule has 1 aliphatic rings. The van der Waals surface area contributed by atoms with E-state index >= 15 is 0 Å². The van der Waals surface area contributed by atoms with Gasteiger partial charge in [-0.1, -0.05) is 5.21 Å². The molecule has 0 atom stereocenters. The number of nitrogens with zero attached hydrogens (tertiary/aromatic N) is 7. The minimum Gasteiger partial charge on any atom is -0.497 e. The Labute approximate surface area is 160 Å². The van der Waals surface area contributed by atoms with E-state index in [2.05, 4.69) is 25.2 Å². The Morgan fingerprint density at radius 1 is 1.15 bits per heavy atom. The van der Waals surface area contributed by atoms with Crippen molar-refractivity contribution >= 4 is 34.5 Å². The first-order valence-corrected chi connectivity index (χ1v) is 9.04. The second-order valence-electron chi connectivity index (χ2n) is 6.07. The maximum absolute atomic E-state index is 11.7. The maximum atomic E-state index is 11.7. The quantitative estimate of drug-likeness (QED) is 0.619. The summed E-state index contributed by atoms with van der Waals surface area (Å²) in [5.41, 5.74) is 2.09. The van der Waals surface area contributed by atoms with Crippen LogP contribution in [0, 0.1) is 0 Å². The molecule has 2 aromatic heterocycles. The zero-order valence-corrected chi connectivity index (χ0v) is 15.5. The first kappa shape index (κ1) is 17.5. The van der Waals surface area contributed by atoms with Crippen molar-refractivity contribution in [3.63, 3.8) is 0 Å². The highest BCUT2D eigenvalue weighted by molar-refractivity contribution is 6.27. The first-order valence-electron chi connectivity index (χ1n) is 8.51. The standard InChI is InChI=1S/C17H18ClN7O2/c1-27-13-4-2-12(3-5-13)25-17-15(21-22-25)16(19-11-20-17)24-8-6-23(7-9-24)14(26)10-18/h2-5,11H,6-10H2,1H3. The zero-order chi connectivity index (χ0) is 18.8. The SMILES string of the molecule is COc1ccc(-n2nnc3c(N4CCN(C(=O)CCl)CC4)ncnc32)cc1. The van der Waals surface area contributed by atoms with E-state index in [1.165, 1.54) is 6.33 Å². The molecule has 0 unspecified atom stereocenters. The number of halogens is 1. The number of methoxy groups -OCH3 is 1. The second-order valence-corrected chi connectivity index (χ2v) is 6.34. The molecule has 0 N–H and O–H groups in total. The van der Waals surface area contributed by atoms with Crippen molar-refractivity contribution in [3.05, 3.63) is 30.6 Å². The van der Waals surface area contributed by atoms with Gasteiger partial charge in [0.2, 0.25) is 5.91 Å². The summed E-state index contributed by atoms with van der Waals surface area (Å²) in [6, 6.07) is 7.51. The molecule has 0 spiro atoms. The Hall–Kier alpha value is -2.94. The summed E-state index contributed by atoms with van der Waals surface area (Å²) in [7, 11) is 1.62. The highest BCUT2D eigenvalue weighted by atomic mass is 35.5. The van der Waals surface area contributed by atoms with E-state index in [0.29, 0.717) is 37.3 Å². The van der Waals surface area contributed by atoms with Crippen LogP contribution < -0.4 is 9.64 Å². The average Bonchev–Trinajstić information content (AvgIpc) is 3.17. The van der Waals surface area contributed by atoms with Gasteiger partial charge in [0, 0.05) is 26.2 Å². The van der Waals surface area contributed by atoms with E-state index in [1.807, 2.05) is 24.3 Å². The van der Waals surface area contributed by atoms with Crippen molar-refractivity contribution in [3.8, 4) is 11.4 Å². The molecule has 27 heavy (non-hydrogen) atoms. The van der Waals surface area contributed by atoms with Crippen LogP contribution in [0.25, 0.3) is 16.9 Å². The smallest absolute Gasteiger partial charge is 0.237 e. The van der Waals surface area contributed by atoms with Gasteiger partial charge in [0.15, 0.2) is 17.0 Å². The summed E-state index contributed by atoms with van der Waals surface area (Å²) in [4.78, 5) is 24.4. The fourth-order valence-corrected chi connectivity index (χ4v) is 3.29. The van der Waals surface area contributed by atoms with Crippen molar-refractivity contribution in [2.45, 2.75) is 0 Å².